The second kappa shape index (κ2) is 7.78. The van der Waals surface area contributed by atoms with Crippen molar-refractivity contribution in [1.82, 2.24) is 14.5 Å². The van der Waals surface area contributed by atoms with Gasteiger partial charge >= 0.3 is 0 Å². The van der Waals surface area contributed by atoms with Gasteiger partial charge in [-0.15, -0.1) is 0 Å². The van der Waals surface area contributed by atoms with Gasteiger partial charge < -0.3 is 20.3 Å². The number of para-hydroxylation sites is 1. The zero-order valence-electron chi connectivity index (χ0n) is 18.3. The molecule has 6 rings (SSSR count). The van der Waals surface area contributed by atoms with Gasteiger partial charge in [-0.2, -0.15) is 4.98 Å². The predicted molar refractivity (Wildman–Crippen MR) is 126 cm³/mol. The summed E-state index contributed by atoms with van der Waals surface area (Å²) in [6, 6.07) is 8.71. The number of aryl methyl sites for hydroxylation is 1. The minimum atomic E-state index is 0.00910. The van der Waals surface area contributed by atoms with Crippen molar-refractivity contribution in [3.05, 3.63) is 46.4 Å². The highest BCUT2D eigenvalue weighted by Crippen LogP contribution is 2.37. The van der Waals surface area contributed by atoms with Crippen molar-refractivity contribution >= 4 is 34.0 Å². The van der Waals surface area contributed by atoms with E-state index in [1.165, 1.54) is 5.56 Å². The van der Waals surface area contributed by atoms with E-state index < -0.39 is 0 Å². The van der Waals surface area contributed by atoms with E-state index in [0.29, 0.717) is 36.5 Å². The minimum Gasteiger partial charge on any atom is -0.381 e. The normalized spacial score (nSPS) is 19.0. The summed E-state index contributed by atoms with van der Waals surface area (Å²) < 4.78 is 7.49. The maximum atomic E-state index is 14.0. The Morgan fingerprint density at radius 2 is 2.00 bits per heavy atom. The van der Waals surface area contributed by atoms with E-state index in [1.807, 2.05) is 22.9 Å². The lowest BCUT2D eigenvalue weighted by atomic mass is 10.1. The van der Waals surface area contributed by atoms with Crippen LogP contribution in [0.2, 0.25) is 0 Å². The highest BCUT2D eigenvalue weighted by Gasteiger charge is 2.27. The number of benzene rings is 1. The summed E-state index contributed by atoms with van der Waals surface area (Å²) >= 11 is 0. The van der Waals surface area contributed by atoms with Gasteiger partial charge in [-0.1, -0.05) is 12.1 Å². The molecule has 2 fully saturated rings. The zero-order valence-corrected chi connectivity index (χ0v) is 18.3. The Hall–Kier alpha value is -3.13. The van der Waals surface area contributed by atoms with Crippen LogP contribution in [0.3, 0.4) is 0 Å². The van der Waals surface area contributed by atoms with Gasteiger partial charge in [0.25, 0.3) is 5.56 Å². The second-order valence-corrected chi connectivity index (χ2v) is 8.99. The Balaban J connectivity index is 1.53. The number of rotatable bonds is 4. The first kappa shape index (κ1) is 19.5. The maximum Gasteiger partial charge on any atom is 0.276 e. The topological polar surface area (TPSA) is 84.3 Å². The fraction of sp³-hybridized carbons (Fsp3) is 0.458. The molecule has 0 bridgehead atoms. The SMILES string of the molecule is Cc1cccc2c1NCCN2c1cc2cnc(NC3CC3)nc2n(C2CCOCC2)c1=O. The highest BCUT2D eigenvalue weighted by atomic mass is 16.5. The third kappa shape index (κ3) is 3.39. The number of nitrogens with one attached hydrogen (secondary N) is 2. The molecule has 1 saturated heterocycles. The molecule has 2 aromatic heterocycles. The number of nitrogens with zero attached hydrogens (tertiary/aromatic N) is 4. The number of hydrogen-bond donors (Lipinski definition) is 2. The molecule has 8 nitrogen and oxygen atoms in total. The van der Waals surface area contributed by atoms with Gasteiger partial charge in [0.15, 0.2) is 0 Å². The summed E-state index contributed by atoms with van der Waals surface area (Å²) in [7, 11) is 0. The van der Waals surface area contributed by atoms with E-state index in [1.54, 1.807) is 0 Å². The third-order valence-corrected chi connectivity index (χ3v) is 6.69. The van der Waals surface area contributed by atoms with Crippen LogP contribution in [-0.2, 0) is 4.74 Å². The molecule has 3 aliphatic rings. The molecule has 2 aliphatic heterocycles. The first-order valence-electron chi connectivity index (χ1n) is 11.6. The van der Waals surface area contributed by atoms with Gasteiger partial charge in [0.1, 0.15) is 11.3 Å². The van der Waals surface area contributed by atoms with E-state index in [2.05, 4.69) is 39.6 Å². The minimum absolute atomic E-state index is 0.00910. The summed E-state index contributed by atoms with van der Waals surface area (Å²) in [6.45, 7) is 4.94. The summed E-state index contributed by atoms with van der Waals surface area (Å²) in [6.07, 6.45) is 5.77. The van der Waals surface area contributed by atoms with Gasteiger partial charge in [0.2, 0.25) is 5.95 Å². The molecule has 8 heteroatoms. The fourth-order valence-electron chi connectivity index (χ4n) is 4.83. The van der Waals surface area contributed by atoms with Crippen LogP contribution in [0.5, 0.6) is 0 Å². The van der Waals surface area contributed by atoms with Gasteiger partial charge in [-0.05, 0) is 50.3 Å². The van der Waals surface area contributed by atoms with Gasteiger partial charge in [-0.25, -0.2) is 4.98 Å². The number of fused-ring (bicyclic) bond motifs is 2. The smallest absolute Gasteiger partial charge is 0.276 e. The standard InChI is InChI=1S/C24H28N6O2/c1-15-3-2-4-19-21(15)25-9-10-29(19)20-13-16-14-26-24(27-17-5-6-17)28-22(16)30(23(20)31)18-7-11-32-12-8-18/h2-4,13-14,17-18,25H,5-12H2,1H3,(H,26,27,28). The molecule has 1 saturated carbocycles. The van der Waals surface area contributed by atoms with Crippen LogP contribution >= 0.6 is 0 Å². The van der Waals surface area contributed by atoms with Crippen LogP contribution in [0.1, 0.15) is 37.3 Å². The van der Waals surface area contributed by atoms with Crippen LogP contribution in [0.4, 0.5) is 23.0 Å². The molecule has 1 aromatic carbocycles. The average molecular weight is 433 g/mol. The van der Waals surface area contributed by atoms with E-state index in [0.717, 1.165) is 55.5 Å². The number of ether oxygens (including phenoxy) is 1. The quantitative estimate of drug-likeness (QED) is 0.652. The fourth-order valence-corrected chi connectivity index (χ4v) is 4.83. The molecule has 4 heterocycles. The lowest BCUT2D eigenvalue weighted by Crippen LogP contribution is -2.37. The molecule has 0 atom stereocenters. The third-order valence-electron chi connectivity index (χ3n) is 6.69. The van der Waals surface area contributed by atoms with Crippen molar-refractivity contribution < 1.29 is 4.74 Å². The van der Waals surface area contributed by atoms with Crippen LogP contribution < -0.4 is 21.1 Å². The van der Waals surface area contributed by atoms with Crippen molar-refractivity contribution in [3.63, 3.8) is 0 Å². The summed E-state index contributed by atoms with van der Waals surface area (Å²) in [5, 5.41) is 7.76. The lowest BCUT2D eigenvalue weighted by molar-refractivity contribution is 0.0697. The summed E-state index contributed by atoms with van der Waals surface area (Å²) in [4.78, 5) is 25.5. The Morgan fingerprint density at radius 3 is 2.81 bits per heavy atom. The second-order valence-electron chi connectivity index (χ2n) is 8.99. The Morgan fingerprint density at radius 1 is 1.16 bits per heavy atom. The molecule has 166 valence electrons. The molecule has 0 amide bonds. The lowest BCUT2D eigenvalue weighted by Gasteiger charge is -2.34. The predicted octanol–water partition coefficient (Wildman–Crippen LogP) is 3.59. The Kier molecular flexibility index (Phi) is 4.75. The molecular weight excluding hydrogens is 404 g/mol. The van der Waals surface area contributed by atoms with Gasteiger partial charge in [0, 0.05) is 50.0 Å². The first-order chi connectivity index (χ1) is 15.7. The maximum absolute atomic E-state index is 14.0. The number of pyridine rings is 1. The van der Waals surface area contributed by atoms with Crippen molar-refractivity contribution in [1.29, 1.82) is 0 Å². The van der Waals surface area contributed by atoms with Crippen LogP contribution in [0.15, 0.2) is 35.3 Å². The number of aromatic nitrogens is 3. The summed E-state index contributed by atoms with van der Waals surface area (Å²) in [5.74, 6) is 0.608. The number of anilines is 4. The van der Waals surface area contributed by atoms with Gasteiger partial charge in [0.05, 0.1) is 11.4 Å². The zero-order chi connectivity index (χ0) is 21.7. The van der Waals surface area contributed by atoms with E-state index in [-0.39, 0.29) is 11.6 Å². The molecule has 32 heavy (non-hydrogen) atoms. The Bertz CT molecular complexity index is 1230. The largest absolute Gasteiger partial charge is 0.381 e. The molecular formula is C24H28N6O2. The van der Waals surface area contributed by atoms with Crippen LogP contribution in [0.25, 0.3) is 11.0 Å². The Labute approximate surface area is 186 Å². The van der Waals surface area contributed by atoms with Crippen LogP contribution in [0, 0.1) is 6.92 Å². The van der Waals surface area contributed by atoms with E-state index >= 15 is 0 Å². The molecule has 2 N–H and O–H groups in total. The van der Waals surface area contributed by atoms with Crippen molar-refractivity contribution in [2.24, 2.45) is 0 Å². The monoisotopic (exact) mass is 432 g/mol. The molecule has 0 radical (unpaired) electrons. The van der Waals surface area contributed by atoms with Crippen molar-refractivity contribution in [2.75, 3.05) is 41.8 Å². The van der Waals surface area contributed by atoms with Crippen molar-refractivity contribution in [3.8, 4) is 0 Å². The van der Waals surface area contributed by atoms with E-state index in [9.17, 15) is 4.79 Å². The van der Waals surface area contributed by atoms with Crippen LogP contribution in [-0.4, -0.2) is 46.9 Å². The van der Waals surface area contributed by atoms with E-state index in [4.69, 9.17) is 9.72 Å². The molecule has 0 unspecified atom stereocenters. The van der Waals surface area contributed by atoms with Crippen molar-refractivity contribution in [2.45, 2.75) is 44.7 Å². The average Bonchev–Trinajstić information content (AvgIpc) is 3.63. The number of hydrogen-bond acceptors (Lipinski definition) is 7. The first-order valence-corrected chi connectivity index (χ1v) is 11.6. The molecule has 1 aliphatic carbocycles. The molecule has 3 aromatic rings. The highest BCUT2D eigenvalue weighted by molar-refractivity contribution is 5.85. The van der Waals surface area contributed by atoms with Gasteiger partial charge in [-0.3, -0.25) is 9.36 Å². The molecule has 0 spiro atoms. The summed E-state index contributed by atoms with van der Waals surface area (Å²) in [5.41, 5.74) is 4.72.